The van der Waals surface area contributed by atoms with E-state index in [4.69, 9.17) is 19.4 Å². The second-order valence-corrected chi connectivity index (χ2v) is 17.6. The highest BCUT2D eigenvalue weighted by molar-refractivity contribution is 5.81. The molecule has 4 aliphatic rings. The minimum Gasteiger partial charge on any atom is -0.479 e. The van der Waals surface area contributed by atoms with E-state index in [-0.39, 0.29) is 22.7 Å². The maximum absolute atomic E-state index is 13.7. The fourth-order valence-corrected chi connectivity index (χ4v) is 9.85. The number of urea groups is 1. The number of benzene rings is 1. The Morgan fingerprint density at radius 2 is 1.77 bits per heavy atom. The number of aryl methyl sites for hydroxylation is 1. The Kier molecular flexibility index (Phi) is 10.9. The number of hydrogen-bond acceptors (Lipinski definition) is 11. The van der Waals surface area contributed by atoms with Crippen LogP contribution in [-0.4, -0.2) is 115 Å². The topological polar surface area (TPSA) is 142 Å². The number of rotatable bonds is 11. The lowest BCUT2D eigenvalue weighted by atomic mass is 9.63. The summed E-state index contributed by atoms with van der Waals surface area (Å²) in [4.78, 5) is 47.8. The highest BCUT2D eigenvalue weighted by atomic mass is 16.5. The first kappa shape index (κ1) is 39.1. The minimum atomic E-state index is -0.318. The average Bonchev–Trinajstić information content (AvgIpc) is 3.15. The van der Waals surface area contributed by atoms with Crippen molar-refractivity contribution in [3.8, 4) is 11.6 Å². The molecule has 3 aromatic heterocycles. The summed E-state index contributed by atoms with van der Waals surface area (Å²) in [5, 5.41) is 11.2. The number of fused-ring (bicyclic) bond motifs is 3. The van der Waals surface area contributed by atoms with E-state index in [1.54, 1.807) is 23.9 Å². The predicted octanol–water partition coefficient (Wildman–Crippen LogP) is 5.05. The third-order valence-electron chi connectivity index (χ3n) is 12.5. The highest BCUT2D eigenvalue weighted by Crippen LogP contribution is 2.46. The normalized spacial score (nSPS) is 24.3. The molecule has 8 rings (SSSR count). The van der Waals surface area contributed by atoms with Gasteiger partial charge in [0.1, 0.15) is 11.5 Å². The number of amides is 2. The zero-order valence-electron chi connectivity index (χ0n) is 34.3. The first-order chi connectivity index (χ1) is 27.4. The molecule has 304 valence electrons. The third-order valence-corrected chi connectivity index (χ3v) is 12.5. The number of carbonyl (C=O) groups is 1. The molecule has 2 saturated carbocycles. The van der Waals surface area contributed by atoms with Crippen molar-refractivity contribution in [2.24, 2.45) is 17.8 Å². The maximum atomic E-state index is 13.7. The molecule has 2 unspecified atom stereocenters. The van der Waals surface area contributed by atoms with Gasteiger partial charge in [0.15, 0.2) is 5.65 Å². The van der Waals surface area contributed by atoms with Gasteiger partial charge in [0.2, 0.25) is 11.8 Å². The molecule has 0 spiro atoms. The van der Waals surface area contributed by atoms with Crippen LogP contribution in [0.2, 0.25) is 0 Å². The molecule has 4 aromatic rings. The first-order valence-corrected chi connectivity index (χ1v) is 20.5. The summed E-state index contributed by atoms with van der Waals surface area (Å²) in [7, 11) is 5.70. The molecule has 2 saturated heterocycles. The Bertz CT molecular complexity index is 2140. The van der Waals surface area contributed by atoms with E-state index in [1.807, 2.05) is 36.1 Å². The van der Waals surface area contributed by atoms with Gasteiger partial charge in [0, 0.05) is 62.5 Å². The Morgan fingerprint density at radius 3 is 2.46 bits per heavy atom. The van der Waals surface area contributed by atoms with Gasteiger partial charge in [-0.15, -0.1) is 0 Å². The lowest BCUT2D eigenvalue weighted by molar-refractivity contribution is -0.0787. The summed E-state index contributed by atoms with van der Waals surface area (Å²) in [5.74, 6) is 3.71. The van der Waals surface area contributed by atoms with Gasteiger partial charge < -0.3 is 40.1 Å². The number of pyridine rings is 2. The van der Waals surface area contributed by atoms with Crippen LogP contribution < -0.4 is 31.1 Å². The highest BCUT2D eigenvalue weighted by Gasteiger charge is 2.43. The van der Waals surface area contributed by atoms with Gasteiger partial charge in [-0.3, -0.25) is 9.36 Å². The van der Waals surface area contributed by atoms with Gasteiger partial charge in [-0.25, -0.2) is 9.78 Å². The third kappa shape index (κ3) is 8.17. The van der Waals surface area contributed by atoms with Crippen LogP contribution in [0, 0.1) is 24.7 Å². The molecule has 3 N–H and O–H groups in total. The quantitative estimate of drug-likeness (QED) is 0.189. The van der Waals surface area contributed by atoms with Crippen LogP contribution in [0.1, 0.15) is 57.1 Å². The molecular formula is C43H58N10O4. The number of hydrogen-bond donors (Lipinski definition) is 3. The van der Waals surface area contributed by atoms with E-state index < -0.39 is 0 Å². The van der Waals surface area contributed by atoms with Crippen LogP contribution in [0.3, 0.4) is 0 Å². The van der Waals surface area contributed by atoms with E-state index in [9.17, 15) is 9.59 Å². The van der Waals surface area contributed by atoms with E-state index in [0.29, 0.717) is 68.2 Å². The SMILES string of the molecule is COc1nc(N2CCN(C(=O)NC3(C)CC4CC(C)CC(C4)C3)CC2)ccc1Nc1ncc2c(C)cc(=O)n(-c3cccc(C4(NCCN(C)C)COC4)c3)c2n1. The standard InChI is InChI=1S/C43H58N10O4/c1-28-18-30-21-31(19-28)24-42(3,23-30)49-41(55)52-16-14-51(15-17-52)36-11-10-35(39(47-36)56-6)46-40-44-25-34-29(2)20-37(54)53(38(34)48-40)33-9-7-8-32(22-33)43(26-57-27-43)45-12-13-50(4)5/h7-11,20,22,25,28,30-31,45H,12-19,21,23-24,26-27H2,1-6H3,(H,49,55)(H,44,46,48). The van der Waals surface area contributed by atoms with E-state index in [2.05, 4.69) is 70.8 Å². The molecule has 2 aliphatic carbocycles. The maximum Gasteiger partial charge on any atom is 0.317 e. The lowest BCUT2D eigenvalue weighted by Crippen LogP contribution is -2.59. The number of methoxy groups -OCH3 is 1. The zero-order chi connectivity index (χ0) is 39.9. The molecule has 0 radical (unpaired) electrons. The summed E-state index contributed by atoms with van der Waals surface area (Å²) < 4.78 is 13.1. The molecule has 2 amide bonds. The number of nitrogens with one attached hydrogen (secondary N) is 3. The summed E-state index contributed by atoms with van der Waals surface area (Å²) in [6, 6.07) is 13.6. The summed E-state index contributed by atoms with van der Waals surface area (Å²) in [6.07, 6.45) is 7.78. The second-order valence-electron chi connectivity index (χ2n) is 17.6. The largest absolute Gasteiger partial charge is 0.479 e. The van der Waals surface area contributed by atoms with Crippen LogP contribution in [-0.2, 0) is 10.3 Å². The molecule has 2 aliphatic heterocycles. The van der Waals surface area contributed by atoms with Crippen molar-refractivity contribution in [3.63, 3.8) is 0 Å². The number of piperazine rings is 1. The average molecular weight is 779 g/mol. The molecular weight excluding hydrogens is 721 g/mol. The first-order valence-electron chi connectivity index (χ1n) is 20.5. The monoisotopic (exact) mass is 778 g/mol. The van der Waals surface area contributed by atoms with Gasteiger partial charge in [0.25, 0.3) is 5.56 Å². The summed E-state index contributed by atoms with van der Waals surface area (Å²) >= 11 is 0. The molecule has 2 bridgehead atoms. The van der Waals surface area contributed by atoms with Crippen molar-refractivity contribution >= 4 is 34.5 Å². The number of nitrogens with zero attached hydrogens (tertiary/aromatic N) is 7. The van der Waals surface area contributed by atoms with Crippen molar-refractivity contribution in [2.75, 3.05) is 83.9 Å². The summed E-state index contributed by atoms with van der Waals surface area (Å²) in [6.45, 7) is 11.9. The number of aromatic nitrogens is 4. The molecule has 4 fully saturated rings. The van der Waals surface area contributed by atoms with Crippen LogP contribution >= 0.6 is 0 Å². The molecule has 14 heteroatoms. The zero-order valence-corrected chi connectivity index (χ0v) is 34.3. The van der Waals surface area contributed by atoms with Crippen LogP contribution in [0.5, 0.6) is 5.88 Å². The second kappa shape index (κ2) is 15.9. The number of anilines is 3. The smallest absolute Gasteiger partial charge is 0.317 e. The minimum absolute atomic E-state index is 0.0449. The van der Waals surface area contributed by atoms with Crippen LogP contribution in [0.25, 0.3) is 16.7 Å². The van der Waals surface area contributed by atoms with Crippen LogP contribution in [0.4, 0.5) is 22.2 Å². The molecule has 1 aromatic carbocycles. The molecule has 5 heterocycles. The Labute approximate surface area is 335 Å². The number of likely N-dealkylation sites (N-methyl/N-ethyl adjacent to an activating group) is 1. The lowest BCUT2D eigenvalue weighted by Gasteiger charge is -2.48. The van der Waals surface area contributed by atoms with Gasteiger partial charge in [-0.2, -0.15) is 9.97 Å². The molecule has 2 atom stereocenters. The van der Waals surface area contributed by atoms with E-state index >= 15 is 0 Å². The number of carbonyl (C=O) groups excluding carboxylic acids is 1. The predicted molar refractivity (Wildman–Crippen MR) is 223 cm³/mol. The van der Waals surface area contributed by atoms with E-state index in [0.717, 1.165) is 66.0 Å². The van der Waals surface area contributed by atoms with Crippen LogP contribution in [0.15, 0.2) is 53.5 Å². The van der Waals surface area contributed by atoms with Crippen molar-refractivity contribution < 1.29 is 14.3 Å². The Balaban J connectivity index is 0.965. The fraction of sp³-hybridized carbons (Fsp3) is 0.558. The Hall–Kier alpha value is -4.79. The van der Waals surface area contributed by atoms with Crippen molar-refractivity contribution in [2.45, 2.75) is 64.0 Å². The van der Waals surface area contributed by atoms with Gasteiger partial charge >= 0.3 is 6.03 Å². The van der Waals surface area contributed by atoms with E-state index in [1.165, 1.54) is 19.3 Å². The summed E-state index contributed by atoms with van der Waals surface area (Å²) in [5.41, 5.74) is 3.03. The van der Waals surface area contributed by atoms with Gasteiger partial charge in [-0.05, 0) is 113 Å². The van der Waals surface area contributed by atoms with Gasteiger partial charge in [-0.1, -0.05) is 19.1 Å². The Morgan fingerprint density at radius 1 is 1.02 bits per heavy atom. The molecule has 14 nitrogen and oxygen atoms in total. The van der Waals surface area contributed by atoms with Crippen molar-refractivity contribution in [1.82, 2.24) is 40.0 Å². The molecule has 57 heavy (non-hydrogen) atoms. The fourth-order valence-electron chi connectivity index (χ4n) is 9.85. The number of ether oxygens (including phenoxy) is 2. The van der Waals surface area contributed by atoms with Gasteiger partial charge in [0.05, 0.1) is 31.5 Å². The van der Waals surface area contributed by atoms with Crippen molar-refractivity contribution in [3.05, 3.63) is 70.1 Å². The van der Waals surface area contributed by atoms with Crippen molar-refractivity contribution in [1.29, 1.82) is 0 Å².